The van der Waals surface area contributed by atoms with Crippen LogP contribution < -0.4 is 21.7 Å². The lowest BCUT2D eigenvalue weighted by Gasteiger charge is -2.23. The summed E-state index contributed by atoms with van der Waals surface area (Å²) in [6.45, 7) is 5.16. The molecule has 0 aliphatic heterocycles. The van der Waals surface area contributed by atoms with Crippen molar-refractivity contribution in [1.82, 2.24) is 16.0 Å². The average molecular weight is 449 g/mol. The zero-order valence-corrected chi connectivity index (χ0v) is 18.5. The smallest absolute Gasteiger partial charge is 0.326 e. The van der Waals surface area contributed by atoms with Crippen molar-refractivity contribution in [3.63, 3.8) is 0 Å². The van der Waals surface area contributed by atoms with Crippen LogP contribution in [0, 0.1) is 5.92 Å². The maximum atomic E-state index is 12.6. The lowest BCUT2D eigenvalue weighted by atomic mass is 10.0. The van der Waals surface area contributed by atoms with Crippen LogP contribution in [0.3, 0.4) is 0 Å². The first-order valence-electron chi connectivity index (χ1n) is 9.49. The molecule has 0 spiro atoms. The van der Waals surface area contributed by atoms with E-state index >= 15 is 0 Å². The van der Waals surface area contributed by atoms with Crippen molar-refractivity contribution in [2.45, 2.75) is 64.2 Å². The molecule has 30 heavy (non-hydrogen) atoms. The predicted octanol–water partition coefficient (Wildman–Crippen LogP) is -0.853. The molecule has 0 rings (SSSR count). The van der Waals surface area contributed by atoms with Crippen LogP contribution >= 0.6 is 11.8 Å². The quantitative estimate of drug-likeness (QED) is 0.197. The van der Waals surface area contributed by atoms with E-state index in [-0.39, 0.29) is 5.92 Å². The number of rotatable bonds is 14. The highest BCUT2D eigenvalue weighted by Gasteiger charge is 2.29. The highest BCUT2D eigenvalue weighted by Crippen LogP contribution is 2.06. The molecule has 0 bridgehead atoms. The first kappa shape index (κ1) is 27.7. The van der Waals surface area contributed by atoms with Gasteiger partial charge in [0, 0.05) is 0 Å². The van der Waals surface area contributed by atoms with E-state index in [0.29, 0.717) is 18.6 Å². The van der Waals surface area contributed by atoms with Crippen molar-refractivity contribution in [1.29, 1.82) is 0 Å². The van der Waals surface area contributed by atoms with Crippen LogP contribution in [0.25, 0.3) is 0 Å². The number of thioether (sulfide) groups is 1. The van der Waals surface area contributed by atoms with E-state index in [1.54, 1.807) is 0 Å². The summed E-state index contributed by atoms with van der Waals surface area (Å²) >= 11 is 1.47. The van der Waals surface area contributed by atoms with Gasteiger partial charge in [-0.2, -0.15) is 11.8 Å². The molecular weight excluding hydrogens is 416 g/mol. The molecule has 0 aliphatic carbocycles. The van der Waals surface area contributed by atoms with Gasteiger partial charge in [-0.1, -0.05) is 13.8 Å². The lowest BCUT2D eigenvalue weighted by Crippen LogP contribution is -2.56. The van der Waals surface area contributed by atoms with Gasteiger partial charge in [-0.05, 0) is 37.7 Å². The molecule has 0 heterocycles. The van der Waals surface area contributed by atoms with E-state index < -0.39 is 60.2 Å². The maximum Gasteiger partial charge on any atom is 0.326 e. The third-order valence-electron chi connectivity index (χ3n) is 4.05. The van der Waals surface area contributed by atoms with E-state index in [1.807, 2.05) is 20.1 Å². The van der Waals surface area contributed by atoms with Crippen molar-refractivity contribution in [3.05, 3.63) is 0 Å². The fraction of sp³-hybridized carbons (Fsp3) is 0.722. The number of carbonyl (C=O) groups excluding carboxylic acids is 3. The number of aliphatic carboxylic acids is 2. The van der Waals surface area contributed by atoms with Gasteiger partial charge in [0.05, 0.1) is 12.5 Å². The molecule has 7 N–H and O–H groups in total. The average Bonchev–Trinajstić information content (AvgIpc) is 2.62. The van der Waals surface area contributed by atoms with Gasteiger partial charge in [0.2, 0.25) is 17.7 Å². The van der Waals surface area contributed by atoms with Crippen LogP contribution in [0.15, 0.2) is 0 Å². The van der Waals surface area contributed by atoms with Gasteiger partial charge in [0.25, 0.3) is 0 Å². The molecule has 0 radical (unpaired) electrons. The number of carboxylic acids is 2. The summed E-state index contributed by atoms with van der Waals surface area (Å²) in [6, 6.07) is -4.48. The van der Waals surface area contributed by atoms with E-state index in [2.05, 4.69) is 16.0 Å². The molecule has 0 aromatic rings. The predicted molar refractivity (Wildman–Crippen MR) is 112 cm³/mol. The SMILES string of the molecule is CSCCC(NC(=O)C(N)CC(C)C)C(=O)NC(C)C(=O)NC(CC(=O)O)C(=O)O. The molecule has 4 unspecified atom stereocenters. The van der Waals surface area contributed by atoms with Crippen molar-refractivity contribution in [2.24, 2.45) is 11.7 Å². The number of amides is 3. The molecule has 12 heteroatoms. The summed E-state index contributed by atoms with van der Waals surface area (Å²) in [5.74, 6) is -4.09. The van der Waals surface area contributed by atoms with E-state index in [0.717, 1.165) is 0 Å². The summed E-state index contributed by atoms with van der Waals surface area (Å²) in [5.41, 5.74) is 5.85. The normalized spacial score (nSPS) is 14.9. The van der Waals surface area contributed by atoms with Crippen molar-refractivity contribution < 1.29 is 34.2 Å². The molecule has 0 aliphatic rings. The first-order valence-corrected chi connectivity index (χ1v) is 10.9. The molecule has 0 aromatic carbocycles. The molecular formula is C18H32N4O7S. The summed E-state index contributed by atoms with van der Waals surface area (Å²) in [7, 11) is 0. The van der Waals surface area contributed by atoms with Gasteiger partial charge in [0.15, 0.2) is 0 Å². The second-order valence-corrected chi connectivity index (χ2v) is 8.29. The second-order valence-electron chi connectivity index (χ2n) is 7.31. The Labute approximate surface area is 179 Å². The molecule has 0 aromatic heterocycles. The maximum absolute atomic E-state index is 12.6. The van der Waals surface area contributed by atoms with Gasteiger partial charge in [-0.25, -0.2) is 4.79 Å². The van der Waals surface area contributed by atoms with E-state index in [4.69, 9.17) is 15.9 Å². The van der Waals surface area contributed by atoms with Gasteiger partial charge in [-0.3, -0.25) is 19.2 Å². The van der Waals surface area contributed by atoms with Gasteiger partial charge < -0.3 is 31.9 Å². The van der Waals surface area contributed by atoms with Gasteiger partial charge >= 0.3 is 11.9 Å². The van der Waals surface area contributed by atoms with Crippen LogP contribution in [0.4, 0.5) is 0 Å². The largest absolute Gasteiger partial charge is 0.481 e. The Kier molecular flexibility index (Phi) is 12.7. The molecule has 11 nitrogen and oxygen atoms in total. The van der Waals surface area contributed by atoms with Crippen LogP contribution in [-0.2, 0) is 24.0 Å². The fourth-order valence-electron chi connectivity index (χ4n) is 2.45. The molecule has 0 saturated heterocycles. The Morgan fingerprint density at radius 1 is 0.900 bits per heavy atom. The number of carboxylic acid groups (broad SMARTS) is 2. The first-order chi connectivity index (χ1) is 13.9. The van der Waals surface area contributed by atoms with Crippen LogP contribution in [0.1, 0.15) is 40.0 Å². The monoisotopic (exact) mass is 448 g/mol. The highest BCUT2D eigenvalue weighted by molar-refractivity contribution is 7.98. The van der Waals surface area contributed by atoms with Crippen LogP contribution in [0.5, 0.6) is 0 Å². The second kappa shape index (κ2) is 13.8. The van der Waals surface area contributed by atoms with Gasteiger partial charge in [-0.15, -0.1) is 0 Å². The van der Waals surface area contributed by atoms with Crippen molar-refractivity contribution >= 4 is 41.4 Å². The number of hydrogen-bond donors (Lipinski definition) is 6. The molecule has 0 fully saturated rings. The zero-order chi connectivity index (χ0) is 23.4. The van der Waals surface area contributed by atoms with Crippen LogP contribution in [0.2, 0.25) is 0 Å². The Morgan fingerprint density at radius 2 is 1.47 bits per heavy atom. The highest BCUT2D eigenvalue weighted by atomic mass is 32.2. The summed E-state index contributed by atoms with van der Waals surface area (Å²) in [6.07, 6.45) is 1.79. The van der Waals surface area contributed by atoms with E-state index in [9.17, 15) is 24.0 Å². The van der Waals surface area contributed by atoms with Gasteiger partial charge in [0.1, 0.15) is 18.1 Å². The number of carbonyl (C=O) groups is 5. The summed E-state index contributed by atoms with van der Waals surface area (Å²) < 4.78 is 0. The minimum Gasteiger partial charge on any atom is -0.481 e. The number of hydrogen-bond acceptors (Lipinski definition) is 7. The Bertz CT molecular complexity index is 630. The minimum atomic E-state index is -1.63. The molecule has 172 valence electrons. The summed E-state index contributed by atoms with van der Waals surface area (Å²) in [5, 5.41) is 24.8. The zero-order valence-electron chi connectivity index (χ0n) is 17.6. The molecule has 3 amide bonds. The third kappa shape index (κ3) is 11.0. The Morgan fingerprint density at radius 3 is 1.93 bits per heavy atom. The third-order valence-corrected chi connectivity index (χ3v) is 4.70. The molecule has 4 atom stereocenters. The van der Waals surface area contributed by atoms with Crippen molar-refractivity contribution in [2.75, 3.05) is 12.0 Å². The van der Waals surface area contributed by atoms with Crippen LogP contribution in [-0.4, -0.2) is 76.0 Å². The number of nitrogens with two attached hydrogens (primary N) is 1. The molecule has 0 saturated carbocycles. The fourth-order valence-corrected chi connectivity index (χ4v) is 2.92. The van der Waals surface area contributed by atoms with Crippen molar-refractivity contribution in [3.8, 4) is 0 Å². The minimum absolute atomic E-state index is 0.195. The van der Waals surface area contributed by atoms with E-state index in [1.165, 1.54) is 18.7 Å². The lowest BCUT2D eigenvalue weighted by molar-refractivity contribution is -0.147. The Hall–Kier alpha value is -2.34. The topological polar surface area (TPSA) is 188 Å². The number of nitrogens with one attached hydrogen (secondary N) is 3. The Balaban J connectivity index is 5.03. The summed E-state index contributed by atoms with van der Waals surface area (Å²) in [4.78, 5) is 58.8. The standard InChI is InChI=1S/C18H32N4O7S/c1-9(2)7-11(19)16(26)21-12(5-6-30-4)17(27)20-10(3)15(25)22-13(18(28)29)8-14(23)24/h9-13H,5-8,19H2,1-4H3,(H,20,27)(H,21,26)(H,22,25)(H,23,24)(H,28,29).